The number of nitrogens with two attached hydrogens (primary N) is 1. The molecule has 1 aliphatic rings. The number of carbonyl (C=O) groups excluding carboxylic acids is 1. The summed E-state index contributed by atoms with van der Waals surface area (Å²) in [7, 11) is 0. The first-order valence-electron chi connectivity index (χ1n) is 7.01. The molecule has 1 atom stereocenters. The largest absolute Gasteiger partial charge is 0.330 e. The van der Waals surface area contributed by atoms with Gasteiger partial charge in [-0.1, -0.05) is 26.0 Å². The van der Waals surface area contributed by atoms with E-state index < -0.39 is 5.41 Å². The lowest BCUT2D eigenvalue weighted by Gasteiger charge is -2.20. The molecule has 1 amide bonds. The fourth-order valence-electron chi connectivity index (χ4n) is 2.64. The molecule has 1 aliphatic heterocycles. The maximum absolute atomic E-state index is 11.9. The summed E-state index contributed by atoms with van der Waals surface area (Å²) in [5.41, 5.74) is 8.74. The summed E-state index contributed by atoms with van der Waals surface area (Å²) in [6, 6.07) is 6.29. The van der Waals surface area contributed by atoms with Gasteiger partial charge in [-0.15, -0.1) is 0 Å². The van der Waals surface area contributed by atoms with Crippen molar-refractivity contribution in [3.05, 3.63) is 29.3 Å². The van der Waals surface area contributed by atoms with Crippen LogP contribution in [0.25, 0.3) is 0 Å². The van der Waals surface area contributed by atoms with Crippen molar-refractivity contribution in [3.63, 3.8) is 0 Å². The van der Waals surface area contributed by atoms with Crippen molar-refractivity contribution in [2.75, 3.05) is 11.9 Å². The van der Waals surface area contributed by atoms with Crippen LogP contribution in [0.15, 0.2) is 18.2 Å². The second-order valence-corrected chi connectivity index (χ2v) is 6.40. The number of hydrogen-bond donors (Lipinski definition) is 2. The van der Waals surface area contributed by atoms with Crippen LogP contribution in [0.2, 0.25) is 0 Å². The van der Waals surface area contributed by atoms with Gasteiger partial charge in [0, 0.05) is 5.69 Å². The molecule has 0 saturated heterocycles. The Kier molecular flexibility index (Phi) is 3.68. The molecule has 104 valence electrons. The van der Waals surface area contributed by atoms with Gasteiger partial charge in [-0.3, -0.25) is 4.79 Å². The van der Waals surface area contributed by atoms with Gasteiger partial charge >= 0.3 is 0 Å². The van der Waals surface area contributed by atoms with E-state index in [0.717, 1.165) is 17.7 Å². The van der Waals surface area contributed by atoms with Crippen LogP contribution in [0, 0.1) is 11.8 Å². The second kappa shape index (κ2) is 4.97. The highest BCUT2D eigenvalue weighted by Crippen LogP contribution is 2.38. The van der Waals surface area contributed by atoms with Gasteiger partial charge in [0.1, 0.15) is 0 Å². The first-order valence-corrected chi connectivity index (χ1v) is 7.01. The lowest BCUT2D eigenvalue weighted by Crippen LogP contribution is -2.27. The van der Waals surface area contributed by atoms with Crippen LogP contribution in [-0.4, -0.2) is 12.5 Å². The highest BCUT2D eigenvalue weighted by Gasteiger charge is 2.38. The number of rotatable bonds is 4. The van der Waals surface area contributed by atoms with Gasteiger partial charge in [-0.2, -0.15) is 0 Å². The second-order valence-electron chi connectivity index (χ2n) is 6.40. The topological polar surface area (TPSA) is 55.1 Å². The predicted octanol–water partition coefficient (Wildman–Crippen LogP) is 2.69. The lowest BCUT2D eigenvalue weighted by molar-refractivity contribution is -0.119. The Morgan fingerprint density at radius 1 is 1.32 bits per heavy atom. The van der Waals surface area contributed by atoms with Crippen molar-refractivity contribution in [1.82, 2.24) is 0 Å². The molecule has 0 aromatic heterocycles. The molecule has 3 nitrogen and oxygen atoms in total. The smallest absolute Gasteiger partial charge is 0.234 e. The maximum Gasteiger partial charge on any atom is 0.234 e. The highest BCUT2D eigenvalue weighted by atomic mass is 16.2. The number of fused-ring (bicyclic) bond motifs is 1. The molecular formula is C16H24N2O. The minimum absolute atomic E-state index is 0.0823. The predicted molar refractivity (Wildman–Crippen MR) is 79.2 cm³/mol. The molecule has 0 radical (unpaired) electrons. The maximum atomic E-state index is 11.9. The summed E-state index contributed by atoms with van der Waals surface area (Å²) in [5, 5.41) is 2.94. The first-order chi connectivity index (χ1) is 8.86. The Bertz CT molecular complexity index is 492. The third kappa shape index (κ3) is 2.52. The summed E-state index contributed by atoms with van der Waals surface area (Å²) in [6.07, 6.45) is 0.978. The van der Waals surface area contributed by atoms with Crippen LogP contribution >= 0.6 is 0 Å². The summed E-state index contributed by atoms with van der Waals surface area (Å²) in [4.78, 5) is 11.9. The number of amides is 1. The van der Waals surface area contributed by atoms with Gasteiger partial charge in [0.25, 0.3) is 0 Å². The van der Waals surface area contributed by atoms with Crippen LogP contribution in [0.1, 0.15) is 38.8 Å². The molecule has 2 rings (SSSR count). The average molecular weight is 260 g/mol. The zero-order chi connectivity index (χ0) is 14.2. The number of carbonyl (C=O) groups is 1. The van der Waals surface area contributed by atoms with Crippen LogP contribution in [0.5, 0.6) is 0 Å². The van der Waals surface area contributed by atoms with Crippen molar-refractivity contribution in [3.8, 4) is 0 Å². The molecule has 0 aliphatic carbocycles. The highest BCUT2D eigenvalue weighted by molar-refractivity contribution is 6.05. The summed E-state index contributed by atoms with van der Waals surface area (Å²) < 4.78 is 0. The van der Waals surface area contributed by atoms with Crippen molar-refractivity contribution in [2.45, 2.75) is 39.5 Å². The van der Waals surface area contributed by atoms with Crippen molar-refractivity contribution < 1.29 is 4.79 Å². The van der Waals surface area contributed by atoms with Gasteiger partial charge in [0.15, 0.2) is 0 Å². The van der Waals surface area contributed by atoms with E-state index in [2.05, 4.69) is 31.3 Å². The van der Waals surface area contributed by atoms with Gasteiger partial charge in [0.05, 0.1) is 5.41 Å². The zero-order valence-corrected chi connectivity index (χ0v) is 12.3. The summed E-state index contributed by atoms with van der Waals surface area (Å²) in [5.74, 6) is 1.15. The van der Waals surface area contributed by atoms with Gasteiger partial charge in [0.2, 0.25) is 5.91 Å². The van der Waals surface area contributed by atoms with E-state index in [1.807, 2.05) is 19.9 Å². The third-order valence-corrected chi connectivity index (χ3v) is 4.32. The van der Waals surface area contributed by atoms with Crippen LogP contribution in [-0.2, 0) is 16.6 Å². The first kappa shape index (κ1) is 14.1. The molecule has 0 spiro atoms. The molecule has 0 bridgehead atoms. The van der Waals surface area contributed by atoms with E-state index in [9.17, 15) is 4.79 Å². The molecule has 1 heterocycles. The quantitative estimate of drug-likeness (QED) is 0.874. The average Bonchev–Trinajstić information content (AvgIpc) is 2.57. The van der Waals surface area contributed by atoms with E-state index in [1.54, 1.807) is 0 Å². The molecule has 1 aromatic rings. The number of nitrogens with one attached hydrogen (secondary N) is 1. The molecule has 0 saturated carbocycles. The van der Waals surface area contributed by atoms with Crippen LogP contribution < -0.4 is 11.1 Å². The zero-order valence-electron chi connectivity index (χ0n) is 12.3. The Labute approximate surface area is 115 Å². The molecule has 3 heteroatoms. The van der Waals surface area contributed by atoms with E-state index in [4.69, 9.17) is 5.73 Å². The SMILES string of the molecule is CC(C)C(CN)Cc1ccc2c(c1)C(C)(C)C(=O)N2. The number of benzene rings is 1. The van der Waals surface area contributed by atoms with E-state index in [1.165, 1.54) is 5.56 Å². The standard InChI is InChI=1S/C16H24N2O/c1-10(2)12(9-17)7-11-5-6-14-13(8-11)16(3,4)15(19)18-14/h5-6,8,10,12H,7,9,17H2,1-4H3,(H,18,19). The molecule has 19 heavy (non-hydrogen) atoms. The number of anilines is 1. The van der Waals surface area contributed by atoms with Crippen LogP contribution in [0.4, 0.5) is 5.69 Å². The minimum Gasteiger partial charge on any atom is -0.330 e. The Balaban J connectivity index is 2.28. The third-order valence-electron chi connectivity index (χ3n) is 4.32. The van der Waals surface area contributed by atoms with Crippen molar-refractivity contribution in [1.29, 1.82) is 0 Å². The van der Waals surface area contributed by atoms with E-state index in [0.29, 0.717) is 18.4 Å². The molecule has 0 fully saturated rings. The summed E-state index contributed by atoms with van der Waals surface area (Å²) >= 11 is 0. The lowest BCUT2D eigenvalue weighted by atomic mass is 9.83. The fourth-order valence-corrected chi connectivity index (χ4v) is 2.64. The Morgan fingerprint density at radius 3 is 2.58 bits per heavy atom. The van der Waals surface area contributed by atoms with Crippen molar-refractivity contribution >= 4 is 11.6 Å². The molecule has 1 unspecified atom stereocenters. The molecular weight excluding hydrogens is 236 g/mol. The van der Waals surface area contributed by atoms with Crippen LogP contribution in [0.3, 0.4) is 0 Å². The Morgan fingerprint density at radius 2 is 2.00 bits per heavy atom. The number of hydrogen-bond acceptors (Lipinski definition) is 2. The monoisotopic (exact) mass is 260 g/mol. The van der Waals surface area contributed by atoms with E-state index in [-0.39, 0.29) is 5.91 Å². The van der Waals surface area contributed by atoms with Gasteiger partial charge in [-0.25, -0.2) is 0 Å². The van der Waals surface area contributed by atoms with Gasteiger partial charge in [-0.05, 0) is 55.8 Å². The Hall–Kier alpha value is -1.35. The van der Waals surface area contributed by atoms with Gasteiger partial charge < -0.3 is 11.1 Å². The normalized spacial score (nSPS) is 18.3. The molecule has 1 aromatic carbocycles. The van der Waals surface area contributed by atoms with Crippen molar-refractivity contribution in [2.24, 2.45) is 17.6 Å². The molecule has 3 N–H and O–H groups in total. The van der Waals surface area contributed by atoms with E-state index >= 15 is 0 Å². The fraction of sp³-hybridized carbons (Fsp3) is 0.562. The summed E-state index contributed by atoms with van der Waals surface area (Å²) in [6.45, 7) is 9.07. The minimum atomic E-state index is -0.429.